The van der Waals surface area contributed by atoms with Crippen LogP contribution in [0.5, 0.6) is 11.5 Å². The molecule has 0 saturated heterocycles. The molecule has 0 bridgehead atoms. The van der Waals surface area contributed by atoms with Gasteiger partial charge in [0, 0.05) is 0 Å². The van der Waals surface area contributed by atoms with Crippen LogP contribution in [0.3, 0.4) is 0 Å². The molecule has 4 nitrogen and oxygen atoms in total. The van der Waals surface area contributed by atoms with Gasteiger partial charge in [0.05, 0.1) is 6.04 Å². The van der Waals surface area contributed by atoms with Crippen LogP contribution in [-0.4, -0.2) is 24.7 Å². The lowest BCUT2D eigenvalue weighted by molar-refractivity contribution is -0.128. The van der Waals surface area contributed by atoms with Crippen molar-refractivity contribution in [2.45, 2.75) is 39.3 Å². The summed E-state index contributed by atoms with van der Waals surface area (Å²) in [7, 11) is 0. The summed E-state index contributed by atoms with van der Waals surface area (Å²) in [5, 5.41) is 2.95. The third-order valence-electron chi connectivity index (χ3n) is 3.66. The molecule has 0 spiro atoms. The van der Waals surface area contributed by atoms with Gasteiger partial charge in [-0.05, 0) is 44.0 Å². The molecular formula is C20H25NO3. The molecule has 24 heavy (non-hydrogen) atoms. The van der Waals surface area contributed by atoms with Gasteiger partial charge in [0.1, 0.15) is 18.1 Å². The van der Waals surface area contributed by atoms with Gasteiger partial charge >= 0.3 is 0 Å². The van der Waals surface area contributed by atoms with Crippen LogP contribution in [0.25, 0.3) is 0 Å². The zero-order valence-corrected chi connectivity index (χ0v) is 14.5. The van der Waals surface area contributed by atoms with Gasteiger partial charge in [-0.15, -0.1) is 0 Å². The number of aryl methyl sites for hydroxylation is 1. The number of ether oxygens (including phenoxy) is 2. The maximum atomic E-state index is 12.4. The summed E-state index contributed by atoms with van der Waals surface area (Å²) >= 11 is 0. The molecule has 0 saturated carbocycles. The van der Waals surface area contributed by atoms with Gasteiger partial charge < -0.3 is 14.8 Å². The Morgan fingerprint density at radius 1 is 1.08 bits per heavy atom. The van der Waals surface area contributed by atoms with Crippen molar-refractivity contribution >= 4 is 5.91 Å². The van der Waals surface area contributed by atoms with E-state index in [2.05, 4.69) is 5.32 Å². The first-order valence-corrected chi connectivity index (χ1v) is 8.30. The topological polar surface area (TPSA) is 47.6 Å². The lowest BCUT2D eigenvalue weighted by Gasteiger charge is -2.21. The highest BCUT2D eigenvalue weighted by Gasteiger charge is 2.20. The standard InChI is InChI=1S/C20H25NO3/c1-4-18(24-17-11-6-5-7-12-17)20(22)21-16(3)14-23-19-13-9-8-10-15(19)2/h5-13,16,18H,4,14H2,1-3H3,(H,21,22)/t16-,18+/m1/s1. The number of carbonyl (C=O) groups excluding carboxylic acids is 1. The summed E-state index contributed by atoms with van der Waals surface area (Å²) in [6.07, 6.45) is 0.0971. The molecule has 0 heterocycles. The summed E-state index contributed by atoms with van der Waals surface area (Å²) in [5.74, 6) is 1.41. The minimum Gasteiger partial charge on any atom is -0.491 e. The van der Waals surface area contributed by atoms with Crippen LogP contribution in [-0.2, 0) is 4.79 Å². The Hall–Kier alpha value is -2.49. The molecule has 0 aliphatic carbocycles. The van der Waals surface area contributed by atoms with Crippen LogP contribution < -0.4 is 14.8 Å². The fourth-order valence-corrected chi connectivity index (χ4v) is 2.30. The second kappa shape index (κ2) is 8.96. The quantitative estimate of drug-likeness (QED) is 0.803. The Kier molecular flexibility index (Phi) is 6.67. The third kappa shape index (κ3) is 5.30. The summed E-state index contributed by atoms with van der Waals surface area (Å²) in [4.78, 5) is 12.4. The molecule has 2 atom stereocenters. The van der Waals surface area contributed by atoms with Crippen molar-refractivity contribution < 1.29 is 14.3 Å². The van der Waals surface area contributed by atoms with Crippen molar-refractivity contribution in [1.82, 2.24) is 5.32 Å². The van der Waals surface area contributed by atoms with E-state index in [0.717, 1.165) is 11.3 Å². The van der Waals surface area contributed by atoms with Gasteiger partial charge in [-0.2, -0.15) is 0 Å². The Balaban J connectivity index is 1.84. The van der Waals surface area contributed by atoms with Gasteiger partial charge in [0.2, 0.25) is 0 Å². The van der Waals surface area contributed by atoms with E-state index in [0.29, 0.717) is 18.8 Å². The summed E-state index contributed by atoms with van der Waals surface area (Å²) in [5.41, 5.74) is 1.08. The normalized spacial score (nSPS) is 13.0. The smallest absolute Gasteiger partial charge is 0.261 e. The van der Waals surface area contributed by atoms with Gasteiger partial charge in [-0.25, -0.2) is 0 Å². The van der Waals surface area contributed by atoms with Crippen LogP contribution in [0.15, 0.2) is 54.6 Å². The number of hydrogen-bond acceptors (Lipinski definition) is 3. The Bertz CT molecular complexity index is 642. The zero-order chi connectivity index (χ0) is 17.4. The number of amides is 1. The van der Waals surface area contributed by atoms with E-state index in [1.165, 1.54) is 0 Å². The molecule has 0 unspecified atom stereocenters. The van der Waals surface area contributed by atoms with E-state index in [1.54, 1.807) is 0 Å². The van der Waals surface area contributed by atoms with E-state index in [4.69, 9.17) is 9.47 Å². The summed E-state index contributed by atoms with van der Waals surface area (Å²) in [6.45, 7) is 6.27. The van der Waals surface area contributed by atoms with Gasteiger partial charge in [0.25, 0.3) is 5.91 Å². The average molecular weight is 327 g/mol. The van der Waals surface area contributed by atoms with Gasteiger partial charge in [-0.3, -0.25) is 4.79 Å². The molecule has 2 aromatic carbocycles. The van der Waals surface area contributed by atoms with Crippen LogP contribution >= 0.6 is 0 Å². The fraction of sp³-hybridized carbons (Fsp3) is 0.350. The first-order valence-electron chi connectivity index (χ1n) is 8.30. The maximum absolute atomic E-state index is 12.4. The molecule has 2 rings (SSSR count). The molecular weight excluding hydrogens is 302 g/mol. The first kappa shape index (κ1) is 17.9. The number of carbonyl (C=O) groups is 1. The highest BCUT2D eigenvalue weighted by Crippen LogP contribution is 2.16. The van der Waals surface area contributed by atoms with Gasteiger partial charge in [0.15, 0.2) is 6.10 Å². The summed E-state index contributed by atoms with van der Waals surface area (Å²) in [6, 6.07) is 17.1. The summed E-state index contributed by atoms with van der Waals surface area (Å²) < 4.78 is 11.5. The van der Waals surface area contributed by atoms with Crippen LogP contribution in [0.4, 0.5) is 0 Å². The van der Waals surface area contributed by atoms with Crippen LogP contribution in [0, 0.1) is 6.92 Å². The number of rotatable bonds is 8. The van der Waals surface area contributed by atoms with Gasteiger partial charge in [-0.1, -0.05) is 43.3 Å². The Morgan fingerprint density at radius 3 is 2.42 bits per heavy atom. The molecule has 2 aromatic rings. The van der Waals surface area contributed by atoms with E-state index < -0.39 is 6.10 Å². The molecule has 0 aliphatic rings. The largest absolute Gasteiger partial charge is 0.491 e. The minimum absolute atomic E-state index is 0.106. The average Bonchev–Trinajstić information content (AvgIpc) is 2.59. The molecule has 0 aliphatic heterocycles. The highest BCUT2D eigenvalue weighted by molar-refractivity contribution is 5.81. The monoisotopic (exact) mass is 327 g/mol. The number of hydrogen-bond donors (Lipinski definition) is 1. The molecule has 0 radical (unpaired) electrons. The van der Waals surface area contributed by atoms with E-state index >= 15 is 0 Å². The van der Waals surface area contributed by atoms with Crippen molar-refractivity contribution in [2.75, 3.05) is 6.61 Å². The number of benzene rings is 2. The molecule has 128 valence electrons. The SMILES string of the molecule is CC[C@H](Oc1ccccc1)C(=O)N[C@H](C)COc1ccccc1C. The zero-order valence-electron chi connectivity index (χ0n) is 14.5. The Morgan fingerprint density at radius 2 is 1.75 bits per heavy atom. The highest BCUT2D eigenvalue weighted by atomic mass is 16.5. The van der Waals surface area contributed by atoms with Crippen LogP contribution in [0.2, 0.25) is 0 Å². The maximum Gasteiger partial charge on any atom is 0.261 e. The molecule has 4 heteroatoms. The predicted molar refractivity (Wildman–Crippen MR) is 95.4 cm³/mol. The second-order valence-electron chi connectivity index (χ2n) is 5.81. The molecule has 0 fully saturated rings. The number of para-hydroxylation sites is 2. The Labute approximate surface area is 143 Å². The predicted octanol–water partition coefficient (Wildman–Crippen LogP) is 3.74. The van der Waals surface area contributed by atoms with Crippen molar-refractivity contribution in [2.24, 2.45) is 0 Å². The molecule has 1 amide bonds. The van der Waals surface area contributed by atoms with E-state index in [1.807, 2.05) is 75.4 Å². The second-order valence-corrected chi connectivity index (χ2v) is 5.81. The third-order valence-corrected chi connectivity index (χ3v) is 3.66. The van der Waals surface area contributed by atoms with Crippen molar-refractivity contribution in [3.05, 3.63) is 60.2 Å². The fourth-order valence-electron chi connectivity index (χ4n) is 2.30. The van der Waals surface area contributed by atoms with E-state index in [9.17, 15) is 4.79 Å². The lowest BCUT2D eigenvalue weighted by atomic mass is 10.2. The van der Waals surface area contributed by atoms with Crippen molar-refractivity contribution in [3.8, 4) is 11.5 Å². The first-order chi connectivity index (χ1) is 11.6. The minimum atomic E-state index is -0.506. The lowest BCUT2D eigenvalue weighted by Crippen LogP contribution is -2.44. The van der Waals surface area contributed by atoms with E-state index in [-0.39, 0.29) is 11.9 Å². The number of nitrogens with one attached hydrogen (secondary N) is 1. The van der Waals surface area contributed by atoms with Crippen LogP contribution in [0.1, 0.15) is 25.8 Å². The molecule has 1 N–H and O–H groups in total. The van der Waals surface area contributed by atoms with Crippen molar-refractivity contribution in [1.29, 1.82) is 0 Å². The molecule has 0 aromatic heterocycles. The van der Waals surface area contributed by atoms with Crippen molar-refractivity contribution in [3.63, 3.8) is 0 Å².